The molecule has 6 nitrogen and oxygen atoms in total. The molecule has 2 aromatic carbocycles. The summed E-state index contributed by atoms with van der Waals surface area (Å²) in [5.74, 6) is 0.562. The average Bonchev–Trinajstić information content (AvgIpc) is 3.26. The zero-order chi connectivity index (χ0) is 18.8. The molecule has 8 heteroatoms. The van der Waals surface area contributed by atoms with Crippen LogP contribution in [0.4, 0.5) is 28.4 Å². The molecule has 2 aliphatic heterocycles. The molecule has 0 bridgehead atoms. The van der Waals surface area contributed by atoms with Gasteiger partial charge >= 0.3 is 103 Å². The molecule has 2 aromatic rings. The van der Waals surface area contributed by atoms with Crippen LogP contribution in [-0.4, -0.2) is 37.7 Å². The van der Waals surface area contributed by atoms with Crippen molar-refractivity contribution in [3.05, 3.63) is 54.2 Å². The van der Waals surface area contributed by atoms with Crippen LogP contribution in [0.2, 0.25) is 0 Å². The first-order valence-electron chi connectivity index (χ1n) is 9.59. The molecule has 2 atom stereocenters. The molecule has 1 saturated heterocycles. The molecular formula is C21H28K2N6. The zero-order valence-corrected chi connectivity index (χ0v) is 24.1. The Morgan fingerprint density at radius 1 is 1.14 bits per heavy atom. The van der Waals surface area contributed by atoms with Crippen molar-refractivity contribution in [2.75, 3.05) is 42.6 Å². The van der Waals surface area contributed by atoms with Gasteiger partial charge < -0.3 is 38.8 Å². The van der Waals surface area contributed by atoms with Gasteiger partial charge in [-0.3, -0.25) is 0 Å². The minimum absolute atomic E-state index is 0. The first-order valence-corrected chi connectivity index (χ1v) is 9.59. The molecular weight excluding hydrogens is 414 g/mol. The van der Waals surface area contributed by atoms with Crippen molar-refractivity contribution in [3.8, 4) is 0 Å². The van der Waals surface area contributed by atoms with Crippen LogP contribution in [0.15, 0.2) is 36.4 Å². The number of likely N-dealkylation sites (tertiary alicyclic amines) is 1. The van der Waals surface area contributed by atoms with E-state index in [0.29, 0.717) is 12.5 Å². The fourth-order valence-electron chi connectivity index (χ4n) is 3.90. The Kier molecular flexibility index (Phi) is 11.0. The van der Waals surface area contributed by atoms with Crippen LogP contribution < -0.4 is 124 Å². The molecule has 2 unspecified atom stereocenters. The van der Waals surface area contributed by atoms with Gasteiger partial charge in [0.2, 0.25) is 0 Å². The van der Waals surface area contributed by atoms with Gasteiger partial charge in [-0.1, -0.05) is 30.7 Å². The van der Waals surface area contributed by atoms with Crippen molar-refractivity contribution >= 4 is 28.4 Å². The van der Waals surface area contributed by atoms with Gasteiger partial charge in [0.25, 0.3) is 0 Å². The van der Waals surface area contributed by atoms with Crippen molar-refractivity contribution in [1.29, 1.82) is 0 Å². The molecule has 0 aliphatic carbocycles. The fourth-order valence-corrected chi connectivity index (χ4v) is 3.90. The van der Waals surface area contributed by atoms with Crippen LogP contribution in [0.1, 0.15) is 12.0 Å². The third-order valence-corrected chi connectivity index (χ3v) is 5.31. The van der Waals surface area contributed by atoms with Crippen molar-refractivity contribution in [2.24, 2.45) is 11.7 Å². The van der Waals surface area contributed by atoms with Crippen molar-refractivity contribution in [2.45, 2.75) is 19.1 Å². The molecule has 1 fully saturated rings. The SMILES string of the molecule is [CH2-]C1CCN(CC2Nc3ccc([N-]c4ccc(NC)c(CN)c4)cc3N2)C1.[K+].[K+]. The van der Waals surface area contributed by atoms with Gasteiger partial charge in [0.05, 0.1) is 11.4 Å². The Hall–Kier alpha value is 0.833. The first-order chi connectivity index (χ1) is 13.1. The summed E-state index contributed by atoms with van der Waals surface area (Å²) in [4.78, 5) is 2.47. The van der Waals surface area contributed by atoms with E-state index in [1.165, 1.54) is 6.42 Å². The van der Waals surface area contributed by atoms with E-state index in [4.69, 9.17) is 11.1 Å². The third kappa shape index (κ3) is 6.66. The molecule has 0 aromatic heterocycles. The van der Waals surface area contributed by atoms with E-state index in [-0.39, 0.29) is 109 Å². The Balaban J connectivity index is 0.00000150. The molecule has 2 heterocycles. The average molecular weight is 443 g/mol. The summed E-state index contributed by atoms with van der Waals surface area (Å²) in [5, 5.41) is 15.1. The Morgan fingerprint density at radius 2 is 1.86 bits per heavy atom. The Morgan fingerprint density at radius 3 is 2.55 bits per heavy atom. The Bertz CT molecular complexity index is 816. The molecule has 2 aliphatic rings. The maximum atomic E-state index is 5.85. The normalized spacial score (nSPS) is 20.0. The van der Waals surface area contributed by atoms with Crippen LogP contribution in [0.5, 0.6) is 0 Å². The van der Waals surface area contributed by atoms with Gasteiger partial charge in [0, 0.05) is 25.8 Å². The van der Waals surface area contributed by atoms with E-state index in [1.807, 2.05) is 31.3 Å². The van der Waals surface area contributed by atoms with E-state index >= 15 is 0 Å². The first kappa shape index (κ1) is 26.1. The van der Waals surface area contributed by atoms with Gasteiger partial charge in [0.15, 0.2) is 0 Å². The predicted octanol–water partition coefficient (Wildman–Crippen LogP) is -2.15. The molecule has 0 saturated carbocycles. The minimum Gasteiger partial charge on any atom is -0.658 e. The van der Waals surface area contributed by atoms with Crippen LogP contribution >= 0.6 is 0 Å². The molecule has 0 amide bonds. The molecule has 5 N–H and O–H groups in total. The molecule has 0 spiro atoms. The number of anilines is 3. The van der Waals surface area contributed by atoms with Crippen LogP contribution in [0.3, 0.4) is 0 Å². The number of hydrogen-bond acceptors (Lipinski definition) is 5. The second-order valence-corrected chi connectivity index (χ2v) is 7.39. The number of rotatable bonds is 6. The van der Waals surface area contributed by atoms with Crippen molar-refractivity contribution in [1.82, 2.24) is 4.90 Å². The second kappa shape index (κ2) is 12.2. The van der Waals surface area contributed by atoms with E-state index in [0.717, 1.165) is 53.6 Å². The number of nitrogens with one attached hydrogen (secondary N) is 3. The summed E-state index contributed by atoms with van der Waals surface area (Å²) < 4.78 is 0. The molecule has 144 valence electrons. The standard InChI is InChI=1S/C21H28N6.2K/c1-14-7-8-27(12-14)13-21-25-19-6-4-17(10-20(19)26-21)24-16-3-5-18(23-2)15(9-16)11-22;;/h3-6,9-10,14,21,23,25-26H,1,7-8,11-13,22H2,2H3;;/q-2;2*+1. The summed E-state index contributed by atoms with van der Waals surface area (Å²) in [6.45, 7) is 7.86. The number of hydrogen-bond donors (Lipinski definition) is 4. The second-order valence-electron chi connectivity index (χ2n) is 7.39. The Labute approximate surface area is 259 Å². The summed E-state index contributed by atoms with van der Waals surface area (Å²) in [6.07, 6.45) is 1.43. The predicted molar refractivity (Wildman–Crippen MR) is 114 cm³/mol. The fraction of sp³-hybridized carbons (Fsp3) is 0.381. The van der Waals surface area contributed by atoms with Crippen LogP contribution in [-0.2, 0) is 6.54 Å². The number of nitrogens with zero attached hydrogens (tertiary/aromatic N) is 2. The molecule has 0 radical (unpaired) electrons. The zero-order valence-electron chi connectivity index (χ0n) is 17.8. The van der Waals surface area contributed by atoms with E-state index in [1.54, 1.807) is 0 Å². The van der Waals surface area contributed by atoms with Gasteiger partial charge in [-0.05, 0) is 30.8 Å². The number of fused-ring (bicyclic) bond motifs is 1. The molecule has 4 rings (SSSR count). The van der Waals surface area contributed by atoms with Crippen molar-refractivity contribution < 1.29 is 103 Å². The summed E-state index contributed by atoms with van der Waals surface area (Å²) >= 11 is 0. The van der Waals surface area contributed by atoms with E-state index in [9.17, 15) is 0 Å². The number of nitrogens with two attached hydrogens (primary N) is 1. The van der Waals surface area contributed by atoms with Gasteiger partial charge in [0.1, 0.15) is 6.17 Å². The van der Waals surface area contributed by atoms with Gasteiger partial charge in [-0.2, -0.15) is 5.92 Å². The van der Waals surface area contributed by atoms with Crippen LogP contribution in [0.25, 0.3) is 5.32 Å². The maximum absolute atomic E-state index is 5.85. The van der Waals surface area contributed by atoms with E-state index in [2.05, 4.69) is 39.9 Å². The van der Waals surface area contributed by atoms with Crippen molar-refractivity contribution in [3.63, 3.8) is 0 Å². The topological polar surface area (TPSA) is 79.5 Å². The van der Waals surface area contributed by atoms with E-state index < -0.39 is 0 Å². The maximum Gasteiger partial charge on any atom is 1.00 e. The minimum atomic E-state index is 0. The third-order valence-electron chi connectivity index (χ3n) is 5.31. The quantitative estimate of drug-likeness (QED) is 0.303. The van der Waals surface area contributed by atoms with Gasteiger partial charge in [-0.25, -0.2) is 0 Å². The largest absolute Gasteiger partial charge is 1.00 e. The van der Waals surface area contributed by atoms with Gasteiger partial charge in [-0.15, -0.1) is 11.4 Å². The van der Waals surface area contributed by atoms with Crippen LogP contribution in [0, 0.1) is 12.8 Å². The smallest absolute Gasteiger partial charge is 0.658 e. The summed E-state index contributed by atoms with van der Waals surface area (Å²) in [5.41, 5.74) is 12.0. The molecule has 29 heavy (non-hydrogen) atoms. The summed E-state index contributed by atoms with van der Waals surface area (Å²) in [7, 11) is 1.90. The monoisotopic (exact) mass is 442 g/mol. The summed E-state index contributed by atoms with van der Waals surface area (Å²) in [6, 6.07) is 12.3. The number of benzene rings is 2.